The molecule has 0 spiro atoms. The van der Waals surface area contributed by atoms with E-state index in [1.54, 1.807) is 13.1 Å². The predicted molar refractivity (Wildman–Crippen MR) is 115 cm³/mol. The van der Waals surface area contributed by atoms with Gasteiger partial charge in [0, 0.05) is 52.5 Å². The van der Waals surface area contributed by atoms with Gasteiger partial charge in [0.1, 0.15) is 5.56 Å². The third-order valence-electron chi connectivity index (χ3n) is 5.74. The van der Waals surface area contributed by atoms with E-state index in [2.05, 4.69) is 9.80 Å². The second-order valence-corrected chi connectivity index (χ2v) is 7.94. The molecule has 31 heavy (non-hydrogen) atoms. The van der Waals surface area contributed by atoms with E-state index >= 15 is 0 Å². The molecule has 2 aliphatic rings. The Hall–Kier alpha value is -2.33. The molecule has 0 saturated carbocycles. The molecule has 0 unspecified atom stereocenters. The number of ether oxygens (including phenoxy) is 3. The second kappa shape index (κ2) is 9.86. The van der Waals surface area contributed by atoms with E-state index < -0.39 is 5.97 Å². The van der Waals surface area contributed by atoms with Crippen molar-refractivity contribution in [1.29, 1.82) is 0 Å². The highest BCUT2D eigenvalue weighted by Gasteiger charge is 2.22. The number of aryl methyl sites for hydroxylation is 1. The average molecular weight is 431 g/mol. The van der Waals surface area contributed by atoms with Crippen molar-refractivity contribution >= 4 is 16.9 Å². The summed E-state index contributed by atoms with van der Waals surface area (Å²) in [7, 11) is 1.84. The van der Waals surface area contributed by atoms with Crippen LogP contribution in [0.4, 0.5) is 0 Å². The van der Waals surface area contributed by atoms with Gasteiger partial charge in [0.05, 0.1) is 55.3 Å². The number of esters is 1. The molecule has 2 fully saturated rings. The van der Waals surface area contributed by atoms with E-state index in [0.717, 1.165) is 43.1 Å². The van der Waals surface area contributed by atoms with Crippen molar-refractivity contribution in [3.05, 3.63) is 39.4 Å². The number of carbonyl (C=O) groups is 1. The molecule has 4 rings (SSSR count). The predicted octanol–water partition coefficient (Wildman–Crippen LogP) is 0.775. The fourth-order valence-electron chi connectivity index (χ4n) is 4.18. The Morgan fingerprint density at radius 2 is 1.68 bits per heavy atom. The standard InChI is InChI=1S/C22H30N4O5/c1-3-31-22(28)18-14-24(2)20-17(21(18)27)12-16(13-25-4-8-29-9-5-25)23-19(20)15-26-6-10-30-11-7-26/h12,14H,3-11,13,15H2,1-2H3. The maximum Gasteiger partial charge on any atom is 0.343 e. The molecular formula is C22H30N4O5. The van der Waals surface area contributed by atoms with Crippen molar-refractivity contribution in [1.82, 2.24) is 19.4 Å². The van der Waals surface area contributed by atoms with Gasteiger partial charge in [-0.25, -0.2) is 4.79 Å². The minimum Gasteiger partial charge on any atom is -0.462 e. The molecule has 0 atom stereocenters. The monoisotopic (exact) mass is 430 g/mol. The van der Waals surface area contributed by atoms with Crippen molar-refractivity contribution < 1.29 is 19.0 Å². The minimum atomic E-state index is -0.591. The molecule has 2 aliphatic heterocycles. The van der Waals surface area contributed by atoms with Crippen molar-refractivity contribution in [2.45, 2.75) is 20.0 Å². The van der Waals surface area contributed by atoms with Gasteiger partial charge in [-0.05, 0) is 13.0 Å². The van der Waals surface area contributed by atoms with Gasteiger partial charge >= 0.3 is 5.97 Å². The van der Waals surface area contributed by atoms with Gasteiger partial charge in [0.25, 0.3) is 0 Å². The number of morpholine rings is 2. The third kappa shape index (κ3) is 4.95. The fourth-order valence-corrected chi connectivity index (χ4v) is 4.18. The zero-order valence-electron chi connectivity index (χ0n) is 18.3. The minimum absolute atomic E-state index is 0.0534. The van der Waals surface area contributed by atoms with Crippen LogP contribution in [-0.2, 0) is 34.3 Å². The van der Waals surface area contributed by atoms with E-state index in [-0.39, 0.29) is 17.6 Å². The molecule has 0 aromatic carbocycles. The molecular weight excluding hydrogens is 400 g/mol. The number of hydrogen-bond acceptors (Lipinski definition) is 8. The maximum absolute atomic E-state index is 13.3. The molecule has 4 heterocycles. The van der Waals surface area contributed by atoms with Crippen LogP contribution in [0.5, 0.6) is 0 Å². The van der Waals surface area contributed by atoms with Crippen LogP contribution in [0.3, 0.4) is 0 Å². The first-order chi connectivity index (χ1) is 15.1. The Balaban J connectivity index is 1.78. The number of rotatable bonds is 6. The van der Waals surface area contributed by atoms with Crippen molar-refractivity contribution in [2.24, 2.45) is 7.05 Å². The average Bonchev–Trinajstić information content (AvgIpc) is 2.77. The van der Waals surface area contributed by atoms with Crippen molar-refractivity contribution in [3.8, 4) is 0 Å². The van der Waals surface area contributed by atoms with E-state index in [1.165, 1.54) is 0 Å². The lowest BCUT2D eigenvalue weighted by molar-refractivity contribution is 0.0324. The molecule has 2 aromatic rings. The number of aromatic nitrogens is 2. The topological polar surface area (TPSA) is 86.1 Å². The second-order valence-electron chi connectivity index (χ2n) is 7.94. The quantitative estimate of drug-likeness (QED) is 0.622. The molecule has 0 amide bonds. The van der Waals surface area contributed by atoms with Gasteiger partial charge in [0.15, 0.2) is 0 Å². The lowest BCUT2D eigenvalue weighted by Gasteiger charge is -2.28. The van der Waals surface area contributed by atoms with Crippen LogP contribution < -0.4 is 5.43 Å². The van der Waals surface area contributed by atoms with Crippen LogP contribution in [0, 0.1) is 0 Å². The summed E-state index contributed by atoms with van der Waals surface area (Å²) in [5, 5.41) is 0.509. The molecule has 0 aliphatic carbocycles. The van der Waals surface area contributed by atoms with Gasteiger partial charge < -0.3 is 18.8 Å². The maximum atomic E-state index is 13.3. The lowest BCUT2D eigenvalue weighted by Crippen LogP contribution is -2.37. The van der Waals surface area contributed by atoms with Gasteiger partial charge in [-0.1, -0.05) is 0 Å². The summed E-state index contributed by atoms with van der Waals surface area (Å²) in [6.07, 6.45) is 1.56. The van der Waals surface area contributed by atoms with Crippen LogP contribution in [0.15, 0.2) is 17.1 Å². The van der Waals surface area contributed by atoms with Crippen LogP contribution in [0.25, 0.3) is 10.9 Å². The lowest BCUT2D eigenvalue weighted by atomic mass is 10.1. The third-order valence-corrected chi connectivity index (χ3v) is 5.74. The summed E-state index contributed by atoms with van der Waals surface area (Å²) in [6.45, 7) is 9.32. The summed E-state index contributed by atoms with van der Waals surface area (Å²) >= 11 is 0. The Bertz CT molecular complexity index is 994. The highest BCUT2D eigenvalue weighted by molar-refractivity contribution is 5.94. The Kier molecular flexibility index (Phi) is 6.96. The Morgan fingerprint density at radius 3 is 2.29 bits per heavy atom. The summed E-state index contributed by atoms with van der Waals surface area (Å²) in [5.41, 5.74) is 2.18. The first kappa shape index (κ1) is 21.9. The van der Waals surface area contributed by atoms with Crippen molar-refractivity contribution in [3.63, 3.8) is 0 Å². The van der Waals surface area contributed by atoms with Crippen LogP contribution in [-0.4, -0.2) is 84.5 Å². The molecule has 0 radical (unpaired) electrons. The zero-order chi connectivity index (χ0) is 21.8. The van der Waals surface area contributed by atoms with Crippen LogP contribution in [0.2, 0.25) is 0 Å². The first-order valence-electron chi connectivity index (χ1n) is 10.9. The van der Waals surface area contributed by atoms with Gasteiger partial charge in [-0.3, -0.25) is 19.6 Å². The summed E-state index contributed by atoms with van der Waals surface area (Å²) in [4.78, 5) is 35.2. The summed E-state index contributed by atoms with van der Waals surface area (Å²) < 4.78 is 17.8. The number of carbonyl (C=O) groups excluding carboxylic acids is 1. The number of pyridine rings is 2. The van der Waals surface area contributed by atoms with E-state index in [9.17, 15) is 9.59 Å². The van der Waals surface area contributed by atoms with Gasteiger partial charge in [-0.2, -0.15) is 0 Å². The van der Waals surface area contributed by atoms with Crippen molar-refractivity contribution in [2.75, 3.05) is 59.2 Å². The Labute approximate surface area is 181 Å². The van der Waals surface area contributed by atoms with E-state index in [1.807, 2.05) is 17.7 Å². The van der Waals surface area contributed by atoms with Crippen LogP contribution >= 0.6 is 0 Å². The smallest absolute Gasteiger partial charge is 0.343 e. The van der Waals surface area contributed by atoms with E-state index in [0.29, 0.717) is 44.9 Å². The highest BCUT2D eigenvalue weighted by atomic mass is 16.5. The largest absolute Gasteiger partial charge is 0.462 e. The summed E-state index contributed by atoms with van der Waals surface area (Å²) in [5.74, 6) is -0.591. The number of fused-ring (bicyclic) bond motifs is 1. The Morgan fingerprint density at radius 1 is 1.06 bits per heavy atom. The molecule has 0 N–H and O–H groups in total. The first-order valence-corrected chi connectivity index (χ1v) is 10.9. The summed E-state index contributed by atoms with van der Waals surface area (Å²) in [6, 6.07) is 1.83. The number of hydrogen-bond donors (Lipinski definition) is 0. The normalized spacial score (nSPS) is 18.4. The molecule has 9 nitrogen and oxygen atoms in total. The molecule has 2 saturated heterocycles. The molecule has 9 heteroatoms. The zero-order valence-corrected chi connectivity index (χ0v) is 18.3. The van der Waals surface area contributed by atoms with Gasteiger partial charge in [-0.15, -0.1) is 0 Å². The molecule has 168 valence electrons. The van der Waals surface area contributed by atoms with Crippen LogP contribution in [0.1, 0.15) is 28.7 Å². The fraction of sp³-hybridized carbons (Fsp3) is 0.591. The highest BCUT2D eigenvalue weighted by Crippen LogP contribution is 2.20. The SMILES string of the molecule is CCOC(=O)c1cn(C)c2c(CN3CCOCC3)nc(CN3CCOCC3)cc2c1=O. The molecule has 2 aromatic heterocycles. The van der Waals surface area contributed by atoms with E-state index in [4.69, 9.17) is 19.2 Å². The van der Waals surface area contributed by atoms with Gasteiger partial charge in [0.2, 0.25) is 5.43 Å². The molecule has 0 bridgehead atoms. The number of nitrogens with zero attached hydrogens (tertiary/aromatic N) is 4.